The molecule has 0 amide bonds. The zero-order valence-electron chi connectivity index (χ0n) is 9.52. The number of ether oxygens (including phenoxy) is 2. The third kappa shape index (κ3) is 1.93. The highest BCUT2D eigenvalue weighted by Crippen LogP contribution is 2.38. The zero-order chi connectivity index (χ0) is 12.3. The molecule has 0 radical (unpaired) electrons. The first-order chi connectivity index (χ1) is 8.30. The molecule has 1 heterocycles. The molecule has 0 saturated carbocycles. The highest BCUT2D eigenvalue weighted by molar-refractivity contribution is 5.74. The van der Waals surface area contributed by atoms with E-state index < -0.39 is 0 Å². The number of benzene rings is 1. The summed E-state index contributed by atoms with van der Waals surface area (Å²) in [6, 6.07) is 5.47. The van der Waals surface area contributed by atoms with E-state index in [1.54, 1.807) is 31.6 Å². The van der Waals surface area contributed by atoms with E-state index in [-0.39, 0.29) is 0 Å². The molecule has 0 fully saturated rings. The smallest absolute Gasteiger partial charge is 0.168 e. The fourth-order valence-electron chi connectivity index (χ4n) is 1.64. The van der Waals surface area contributed by atoms with E-state index in [1.807, 2.05) is 0 Å². The molecule has 1 aromatic heterocycles. The van der Waals surface area contributed by atoms with Gasteiger partial charge in [0.2, 0.25) is 0 Å². The van der Waals surface area contributed by atoms with Gasteiger partial charge in [-0.1, -0.05) is 0 Å². The van der Waals surface area contributed by atoms with Crippen molar-refractivity contribution in [1.29, 1.82) is 5.26 Å². The minimum absolute atomic E-state index is 0.513. The second-order valence-electron chi connectivity index (χ2n) is 3.36. The van der Waals surface area contributed by atoms with Crippen LogP contribution >= 0.6 is 0 Å². The van der Waals surface area contributed by atoms with Crippen LogP contribution in [0.15, 0.2) is 24.5 Å². The van der Waals surface area contributed by atoms with Gasteiger partial charge < -0.3 is 9.47 Å². The number of aromatic nitrogens is 2. The quantitative estimate of drug-likeness (QED) is 0.873. The molecule has 2 rings (SSSR count). The Morgan fingerprint density at radius 2 is 2.12 bits per heavy atom. The lowest BCUT2D eigenvalue weighted by atomic mass is 10.0. The first-order valence-electron chi connectivity index (χ1n) is 4.95. The van der Waals surface area contributed by atoms with Crippen LogP contribution in [0.25, 0.3) is 11.1 Å². The molecule has 0 unspecified atom stereocenters. The molecule has 0 aliphatic carbocycles. The van der Waals surface area contributed by atoms with Crippen molar-refractivity contribution in [2.24, 2.45) is 0 Å². The van der Waals surface area contributed by atoms with Crippen LogP contribution in [-0.4, -0.2) is 24.4 Å². The summed E-state index contributed by atoms with van der Waals surface area (Å²) in [5.41, 5.74) is 2.13. The van der Waals surface area contributed by atoms with Gasteiger partial charge in [0.05, 0.1) is 32.0 Å². The zero-order valence-corrected chi connectivity index (χ0v) is 9.52. The third-order valence-corrected chi connectivity index (χ3v) is 2.42. The molecule has 0 spiro atoms. The topological polar surface area (TPSA) is 70.9 Å². The van der Waals surface area contributed by atoms with Crippen LogP contribution in [0.2, 0.25) is 0 Å². The Hall–Kier alpha value is -2.48. The Kier molecular flexibility index (Phi) is 2.97. The Bertz CT molecular complexity index is 556. The molecule has 1 aromatic carbocycles. The maximum atomic E-state index is 8.97. The highest BCUT2D eigenvalue weighted by Gasteiger charge is 2.14. The largest absolute Gasteiger partial charge is 0.493 e. The van der Waals surface area contributed by atoms with Gasteiger partial charge in [0.25, 0.3) is 0 Å². The first kappa shape index (κ1) is 11.0. The minimum Gasteiger partial charge on any atom is -0.493 e. The number of nitrogens with zero attached hydrogens (tertiary/aromatic N) is 2. The number of H-pyrrole nitrogens is 1. The number of hydrogen-bond donors (Lipinski definition) is 1. The van der Waals surface area contributed by atoms with Crippen molar-refractivity contribution in [1.82, 2.24) is 10.2 Å². The summed E-state index contributed by atoms with van der Waals surface area (Å²) in [6.45, 7) is 0. The third-order valence-electron chi connectivity index (χ3n) is 2.42. The summed E-state index contributed by atoms with van der Waals surface area (Å²) >= 11 is 0. The van der Waals surface area contributed by atoms with Crippen molar-refractivity contribution in [2.75, 3.05) is 14.2 Å². The first-order valence-corrected chi connectivity index (χ1v) is 4.95. The van der Waals surface area contributed by atoms with Crippen LogP contribution in [0.4, 0.5) is 0 Å². The van der Waals surface area contributed by atoms with Crippen LogP contribution < -0.4 is 9.47 Å². The Morgan fingerprint density at radius 1 is 1.29 bits per heavy atom. The van der Waals surface area contributed by atoms with Crippen LogP contribution in [0.1, 0.15) is 5.56 Å². The van der Waals surface area contributed by atoms with E-state index in [0.717, 1.165) is 11.1 Å². The van der Waals surface area contributed by atoms with Crippen molar-refractivity contribution < 1.29 is 9.47 Å². The fraction of sp³-hybridized carbons (Fsp3) is 0.167. The maximum absolute atomic E-state index is 8.97. The van der Waals surface area contributed by atoms with Gasteiger partial charge in [-0.3, -0.25) is 5.10 Å². The van der Waals surface area contributed by atoms with E-state index in [1.165, 1.54) is 7.11 Å². The molecule has 0 atom stereocenters. The molecule has 1 N–H and O–H groups in total. The van der Waals surface area contributed by atoms with Crippen LogP contribution in [0, 0.1) is 11.3 Å². The van der Waals surface area contributed by atoms with Crippen LogP contribution in [0.5, 0.6) is 11.5 Å². The Balaban J connectivity index is 2.68. The summed E-state index contributed by atoms with van der Waals surface area (Å²) in [5.74, 6) is 1.12. The number of hydrogen-bond acceptors (Lipinski definition) is 4. The van der Waals surface area contributed by atoms with Gasteiger partial charge in [-0.15, -0.1) is 0 Å². The molecule has 5 nitrogen and oxygen atoms in total. The molecule has 5 heteroatoms. The molecule has 0 saturated heterocycles. The van der Waals surface area contributed by atoms with Gasteiger partial charge in [-0.05, 0) is 6.07 Å². The van der Waals surface area contributed by atoms with Crippen molar-refractivity contribution in [2.45, 2.75) is 0 Å². The SMILES string of the molecule is COc1cc(C#N)cc(-c2cn[nH]c2)c1OC. The summed E-state index contributed by atoms with van der Waals surface area (Å²) in [7, 11) is 3.10. The van der Waals surface area contributed by atoms with Gasteiger partial charge in [0, 0.05) is 23.4 Å². The summed E-state index contributed by atoms with van der Waals surface area (Å²) in [4.78, 5) is 0. The molecular formula is C12H11N3O2. The lowest BCUT2D eigenvalue weighted by Gasteiger charge is -2.12. The normalized spacial score (nSPS) is 9.71. The van der Waals surface area contributed by atoms with Crippen LogP contribution in [-0.2, 0) is 0 Å². The van der Waals surface area contributed by atoms with E-state index in [4.69, 9.17) is 14.7 Å². The summed E-state index contributed by atoms with van der Waals surface area (Å²) in [6.07, 6.45) is 3.40. The van der Waals surface area contributed by atoms with E-state index in [9.17, 15) is 0 Å². The number of rotatable bonds is 3. The second kappa shape index (κ2) is 4.58. The summed E-state index contributed by atoms with van der Waals surface area (Å²) in [5, 5.41) is 15.6. The predicted molar refractivity (Wildman–Crippen MR) is 61.8 cm³/mol. The lowest BCUT2D eigenvalue weighted by Crippen LogP contribution is -1.94. The highest BCUT2D eigenvalue weighted by atomic mass is 16.5. The summed E-state index contributed by atoms with van der Waals surface area (Å²) < 4.78 is 10.5. The molecule has 0 aliphatic rings. The average molecular weight is 229 g/mol. The van der Waals surface area contributed by atoms with Gasteiger partial charge in [0.15, 0.2) is 11.5 Å². The molecule has 17 heavy (non-hydrogen) atoms. The van der Waals surface area contributed by atoms with Crippen molar-refractivity contribution >= 4 is 0 Å². The second-order valence-corrected chi connectivity index (χ2v) is 3.36. The number of aromatic amines is 1. The standard InChI is InChI=1S/C12H11N3O2/c1-16-11-4-8(5-13)3-10(12(11)17-2)9-6-14-15-7-9/h3-4,6-7H,1-2H3,(H,14,15). The van der Waals surface area contributed by atoms with Gasteiger partial charge in [-0.25, -0.2) is 0 Å². The van der Waals surface area contributed by atoms with E-state index in [0.29, 0.717) is 17.1 Å². The van der Waals surface area contributed by atoms with Crippen molar-refractivity contribution in [3.63, 3.8) is 0 Å². The maximum Gasteiger partial charge on any atom is 0.168 e. The molecular weight excluding hydrogens is 218 g/mol. The fourth-order valence-corrected chi connectivity index (χ4v) is 1.64. The van der Waals surface area contributed by atoms with Gasteiger partial charge >= 0.3 is 0 Å². The van der Waals surface area contributed by atoms with Crippen molar-refractivity contribution in [3.05, 3.63) is 30.1 Å². The van der Waals surface area contributed by atoms with Crippen LogP contribution in [0.3, 0.4) is 0 Å². The van der Waals surface area contributed by atoms with Gasteiger partial charge in [0.1, 0.15) is 0 Å². The molecule has 0 bridgehead atoms. The lowest BCUT2D eigenvalue weighted by molar-refractivity contribution is 0.356. The predicted octanol–water partition coefficient (Wildman–Crippen LogP) is 1.97. The molecule has 0 aliphatic heterocycles. The van der Waals surface area contributed by atoms with Gasteiger partial charge in [-0.2, -0.15) is 10.4 Å². The monoisotopic (exact) mass is 229 g/mol. The number of methoxy groups -OCH3 is 2. The minimum atomic E-state index is 0.513. The average Bonchev–Trinajstić information content (AvgIpc) is 2.90. The van der Waals surface area contributed by atoms with Crippen molar-refractivity contribution in [3.8, 4) is 28.7 Å². The Morgan fingerprint density at radius 3 is 2.65 bits per heavy atom. The Labute approximate surface area is 98.6 Å². The number of nitrogens with one attached hydrogen (secondary N) is 1. The molecule has 86 valence electrons. The number of nitriles is 1. The molecule has 2 aromatic rings. The van der Waals surface area contributed by atoms with E-state index in [2.05, 4.69) is 16.3 Å². The van der Waals surface area contributed by atoms with E-state index >= 15 is 0 Å².